The first-order valence-corrected chi connectivity index (χ1v) is 6.93. The number of hydrogen-bond acceptors (Lipinski definition) is 1. The Kier molecular flexibility index (Phi) is 8.09. The Hall–Kier alpha value is -0.0400. The van der Waals surface area contributed by atoms with Gasteiger partial charge in [0, 0.05) is 13.7 Å². The maximum atomic E-state index is 5.12. The molecule has 0 rings (SSSR count). The van der Waals surface area contributed by atoms with Gasteiger partial charge >= 0.3 is 0 Å². The van der Waals surface area contributed by atoms with E-state index >= 15 is 0 Å². The summed E-state index contributed by atoms with van der Waals surface area (Å²) in [7, 11) is 1.79. The van der Waals surface area contributed by atoms with E-state index in [4.69, 9.17) is 4.74 Å². The van der Waals surface area contributed by atoms with Crippen molar-refractivity contribution in [1.29, 1.82) is 0 Å². The van der Waals surface area contributed by atoms with Crippen LogP contribution in [0.3, 0.4) is 0 Å². The van der Waals surface area contributed by atoms with Crippen LogP contribution in [0.4, 0.5) is 0 Å². The van der Waals surface area contributed by atoms with E-state index in [1.165, 1.54) is 32.1 Å². The van der Waals surface area contributed by atoms with Crippen LogP contribution in [0.25, 0.3) is 0 Å². The minimum Gasteiger partial charge on any atom is -0.385 e. The molecule has 0 aromatic rings. The third-order valence-electron chi connectivity index (χ3n) is 4.28. The highest BCUT2D eigenvalue weighted by Gasteiger charge is 2.23. The fourth-order valence-corrected chi connectivity index (χ4v) is 2.17. The van der Waals surface area contributed by atoms with Gasteiger partial charge in [-0.2, -0.15) is 0 Å². The molecule has 0 saturated heterocycles. The molecule has 0 bridgehead atoms. The van der Waals surface area contributed by atoms with Gasteiger partial charge in [-0.1, -0.05) is 53.9 Å². The van der Waals surface area contributed by atoms with Gasteiger partial charge in [0.2, 0.25) is 0 Å². The second-order valence-electron chi connectivity index (χ2n) is 6.08. The van der Waals surface area contributed by atoms with Crippen molar-refractivity contribution < 1.29 is 4.74 Å². The minimum absolute atomic E-state index is 0.510. The highest BCUT2D eigenvalue weighted by molar-refractivity contribution is 4.74. The van der Waals surface area contributed by atoms with Gasteiger partial charge in [0.05, 0.1) is 0 Å². The van der Waals surface area contributed by atoms with Crippen molar-refractivity contribution in [3.63, 3.8) is 0 Å². The van der Waals surface area contributed by atoms with Crippen molar-refractivity contribution >= 4 is 0 Å². The Bertz CT molecular complexity index is 163. The fourth-order valence-electron chi connectivity index (χ4n) is 2.17. The van der Waals surface area contributed by atoms with Gasteiger partial charge in [-0.25, -0.2) is 0 Å². The SMILES string of the molecule is CCC(C)C(C)(C)CCCC(C)CCOC. The first-order valence-electron chi connectivity index (χ1n) is 6.93. The van der Waals surface area contributed by atoms with Crippen LogP contribution in [-0.2, 0) is 4.74 Å². The van der Waals surface area contributed by atoms with E-state index in [1.807, 2.05) is 0 Å². The van der Waals surface area contributed by atoms with Crippen molar-refractivity contribution in [2.75, 3.05) is 13.7 Å². The summed E-state index contributed by atoms with van der Waals surface area (Å²) in [6, 6.07) is 0. The van der Waals surface area contributed by atoms with E-state index in [2.05, 4.69) is 34.6 Å². The van der Waals surface area contributed by atoms with Crippen molar-refractivity contribution in [1.82, 2.24) is 0 Å². The lowest BCUT2D eigenvalue weighted by atomic mass is 9.74. The summed E-state index contributed by atoms with van der Waals surface area (Å²) in [5.41, 5.74) is 0.510. The van der Waals surface area contributed by atoms with Gasteiger partial charge in [-0.05, 0) is 30.1 Å². The Balaban J connectivity index is 3.71. The zero-order valence-corrected chi connectivity index (χ0v) is 12.3. The maximum absolute atomic E-state index is 5.12. The van der Waals surface area contributed by atoms with Gasteiger partial charge in [-0.15, -0.1) is 0 Å². The highest BCUT2D eigenvalue weighted by atomic mass is 16.5. The summed E-state index contributed by atoms with van der Waals surface area (Å²) in [5, 5.41) is 0. The zero-order valence-electron chi connectivity index (χ0n) is 12.3. The average Bonchev–Trinajstić information content (AvgIpc) is 2.24. The van der Waals surface area contributed by atoms with E-state index in [-0.39, 0.29) is 0 Å². The quantitative estimate of drug-likeness (QED) is 0.545. The highest BCUT2D eigenvalue weighted by Crippen LogP contribution is 2.34. The van der Waals surface area contributed by atoms with Crippen molar-refractivity contribution in [2.24, 2.45) is 17.3 Å². The summed E-state index contributed by atoms with van der Waals surface area (Å²) >= 11 is 0. The first kappa shape index (κ1) is 16.0. The molecule has 2 unspecified atom stereocenters. The predicted molar refractivity (Wildman–Crippen MR) is 72.7 cm³/mol. The van der Waals surface area contributed by atoms with E-state index in [0.29, 0.717) is 5.41 Å². The molecule has 0 heterocycles. The molecule has 98 valence electrons. The molecule has 0 saturated carbocycles. The molecular formula is C15H32O. The monoisotopic (exact) mass is 228 g/mol. The van der Waals surface area contributed by atoms with Crippen LogP contribution in [0.5, 0.6) is 0 Å². The molecule has 0 aromatic carbocycles. The van der Waals surface area contributed by atoms with Gasteiger partial charge in [-0.3, -0.25) is 0 Å². The molecule has 1 nitrogen and oxygen atoms in total. The molecule has 0 spiro atoms. The molecule has 0 radical (unpaired) electrons. The van der Waals surface area contributed by atoms with Crippen LogP contribution in [0.15, 0.2) is 0 Å². The van der Waals surface area contributed by atoms with Crippen LogP contribution in [-0.4, -0.2) is 13.7 Å². The summed E-state index contributed by atoms with van der Waals surface area (Å²) < 4.78 is 5.12. The van der Waals surface area contributed by atoms with Crippen molar-refractivity contribution in [3.05, 3.63) is 0 Å². The predicted octanol–water partition coefficient (Wildman–Crippen LogP) is 4.90. The third-order valence-corrected chi connectivity index (χ3v) is 4.28. The number of hydrogen-bond donors (Lipinski definition) is 0. The molecule has 0 aliphatic carbocycles. The second kappa shape index (κ2) is 8.11. The van der Waals surface area contributed by atoms with E-state index in [9.17, 15) is 0 Å². The summed E-state index contributed by atoms with van der Waals surface area (Å²) in [4.78, 5) is 0. The summed E-state index contributed by atoms with van der Waals surface area (Å²) in [5.74, 6) is 1.65. The molecule has 0 aromatic heterocycles. The maximum Gasteiger partial charge on any atom is 0.0464 e. The first-order chi connectivity index (χ1) is 7.44. The fraction of sp³-hybridized carbons (Fsp3) is 1.00. The Labute approximate surface area is 103 Å². The smallest absolute Gasteiger partial charge is 0.0464 e. The molecule has 16 heavy (non-hydrogen) atoms. The summed E-state index contributed by atoms with van der Waals surface area (Å²) in [6.45, 7) is 12.8. The van der Waals surface area contributed by atoms with Gasteiger partial charge in [0.15, 0.2) is 0 Å². The van der Waals surface area contributed by atoms with E-state index in [0.717, 1.165) is 18.4 Å². The summed E-state index contributed by atoms with van der Waals surface area (Å²) in [6.07, 6.45) is 6.58. The van der Waals surface area contributed by atoms with E-state index in [1.54, 1.807) is 7.11 Å². The van der Waals surface area contributed by atoms with Gasteiger partial charge in [0.25, 0.3) is 0 Å². The van der Waals surface area contributed by atoms with Crippen molar-refractivity contribution in [2.45, 2.75) is 66.7 Å². The van der Waals surface area contributed by atoms with Gasteiger partial charge in [0.1, 0.15) is 0 Å². The zero-order chi connectivity index (χ0) is 12.6. The van der Waals surface area contributed by atoms with Crippen LogP contribution in [0.1, 0.15) is 66.7 Å². The largest absolute Gasteiger partial charge is 0.385 e. The lowest BCUT2D eigenvalue weighted by Gasteiger charge is -2.31. The minimum atomic E-state index is 0.510. The normalized spacial score (nSPS) is 16.1. The Morgan fingerprint density at radius 3 is 2.25 bits per heavy atom. The van der Waals surface area contributed by atoms with Crippen LogP contribution < -0.4 is 0 Å². The van der Waals surface area contributed by atoms with Crippen LogP contribution in [0.2, 0.25) is 0 Å². The molecule has 0 aliphatic heterocycles. The molecule has 0 N–H and O–H groups in total. The Morgan fingerprint density at radius 1 is 1.12 bits per heavy atom. The lowest BCUT2D eigenvalue weighted by molar-refractivity contribution is 0.170. The number of methoxy groups -OCH3 is 1. The molecular weight excluding hydrogens is 196 g/mol. The van der Waals surface area contributed by atoms with Crippen LogP contribution >= 0.6 is 0 Å². The van der Waals surface area contributed by atoms with Gasteiger partial charge < -0.3 is 4.74 Å². The average molecular weight is 228 g/mol. The third kappa shape index (κ3) is 6.52. The van der Waals surface area contributed by atoms with Crippen LogP contribution in [0, 0.1) is 17.3 Å². The standard InChI is InChI=1S/C15H32O/c1-7-14(3)15(4,5)11-8-9-13(2)10-12-16-6/h13-14H,7-12H2,1-6H3. The molecule has 1 heteroatoms. The number of ether oxygens (including phenoxy) is 1. The number of rotatable bonds is 9. The Morgan fingerprint density at radius 2 is 1.75 bits per heavy atom. The van der Waals surface area contributed by atoms with Crippen molar-refractivity contribution in [3.8, 4) is 0 Å². The molecule has 0 aliphatic rings. The molecule has 0 fully saturated rings. The lowest BCUT2D eigenvalue weighted by Crippen LogP contribution is -2.21. The molecule has 0 amide bonds. The molecule has 2 atom stereocenters. The van der Waals surface area contributed by atoms with E-state index < -0.39 is 0 Å². The topological polar surface area (TPSA) is 9.23 Å². The second-order valence-corrected chi connectivity index (χ2v) is 6.08.